The van der Waals surface area contributed by atoms with Crippen LogP contribution in [0.4, 0.5) is 0 Å². The lowest BCUT2D eigenvalue weighted by molar-refractivity contribution is 0.175. The van der Waals surface area contributed by atoms with Gasteiger partial charge in [0.2, 0.25) is 0 Å². The number of rotatable bonds is 3. The Hall–Kier alpha value is -1.16. The SMILES string of the molecule is Brc1ccc(CN2CCC(c3ccccc3)NC2)cc1. The molecule has 2 aromatic carbocycles. The van der Waals surface area contributed by atoms with Gasteiger partial charge in [0.05, 0.1) is 0 Å². The van der Waals surface area contributed by atoms with E-state index in [4.69, 9.17) is 0 Å². The van der Waals surface area contributed by atoms with Crippen LogP contribution in [-0.2, 0) is 6.54 Å². The summed E-state index contributed by atoms with van der Waals surface area (Å²) < 4.78 is 1.14. The van der Waals surface area contributed by atoms with Crippen LogP contribution < -0.4 is 5.32 Å². The average Bonchev–Trinajstić information content (AvgIpc) is 2.51. The van der Waals surface area contributed by atoms with E-state index in [1.807, 2.05) is 0 Å². The van der Waals surface area contributed by atoms with Crippen LogP contribution in [0.1, 0.15) is 23.6 Å². The Bertz CT molecular complexity index is 531. The highest BCUT2D eigenvalue weighted by molar-refractivity contribution is 9.10. The first kappa shape index (κ1) is 13.8. The molecule has 1 N–H and O–H groups in total. The highest BCUT2D eigenvalue weighted by Gasteiger charge is 2.19. The summed E-state index contributed by atoms with van der Waals surface area (Å²) in [5.74, 6) is 0. The molecule has 0 saturated carbocycles. The second kappa shape index (κ2) is 6.53. The summed E-state index contributed by atoms with van der Waals surface area (Å²) in [7, 11) is 0. The van der Waals surface area contributed by atoms with Gasteiger partial charge < -0.3 is 0 Å². The van der Waals surface area contributed by atoms with Crippen LogP contribution in [0.5, 0.6) is 0 Å². The highest BCUT2D eigenvalue weighted by Crippen LogP contribution is 2.21. The van der Waals surface area contributed by atoms with Crippen molar-refractivity contribution < 1.29 is 0 Å². The van der Waals surface area contributed by atoms with Gasteiger partial charge in [0, 0.05) is 30.3 Å². The first-order valence-corrected chi connectivity index (χ1v) is 7.86. The Balaban J connectivity index is 1.55. The zero-order valence-corrected chi connectivity index (χ0v) is 13.0. The molecule has 0 aliphatic carbocycles. The number of nitrogens with zero attached hydrogens (tertiary/aromatic N) is 1. The van der Waals surface area contributed by atoms with Crippen molar-refractivity contribution >= 4 is 15.9 Å². The van der Waals surface area contributed by atoms with Crippen LogP contribution in [0.15, 0.2) is 59.1 Å². The normalized spacial score (nSPS) is 19.9. The molecule has 3 heteroatoms. The lowest BCUT2D eigenvalue weighted by Gasteiger charge is -2.33. The molecule has 1 saturated heterocycles. The molecule has 0 amide bonds. The fourth-order valence-corrected chi connectivity index (χ4v) is 2.95. The summed E-state index contributed by atoms with van der Waals surface area (Å²) in [5.41, 5.74) is 2.77. The van der Waals surface area contributed by atoms with Crippen LogP contribution in [-0.4, -0.2) is 18.1 Å². The monoisotopic (exact) mass is 330 g/mol. The summed E-state index contributed by atoms with van der Waals surface area (Å²) in [6.45, 7) is 3.11. The Labute approximate surface area is 128 Å². The summed E-state index contributed by atoms with van der Waals surface area (Å²) >= 11 is 3.48. The molecule has 1 fully saturated rings. The number of benzene rings is 2. The molecule has 104 valence electrons. The van der Waals surface area contributed by atoms with Crippen LogP contribution >= 0.6 is 15.9 Å². The minimum Gasteiger partial charge on any atom is -0.297 e. The summed E-state index contributed by atoms with van der Waals surface area (Å²) in [4.78, 5) is 2.46. The number of halogens is 1. The quantitative estimate of drug-likeness (QED) is 0.916. The van der Waals surface area contributed by atoms with E-state index in [-0.39, 0.29) is 0 Å². The van der Waals surface area contributed by atoms with E-state index in [2.05, 4.69) is 80.7 Å². The van der Waals surface area contributed by atoms with Crippen LogP contribution in [0.3, 0.4) is 0 Å². The lowest BCUT2D eigenvalue weighted by atomic mass is 10.0. The Morgan fingerprint density at radius 1 is 1.05 bits per heavy atom. The summed E-state index contributed by atoms with van der Waals surface area (Å²) in [5, 5.41) is 3.63. The Morgan fingerprint density at radius 2 is 1.80 bits per heavy atom. The van der Waals surface area contributed by atoms with Crippen molar-refractivity contribution in [3.8, 4) is 0 Å². The van der Waals surface area contributed by atoms with Gasteiger partial charge in [-0.05, 0) is 29.7 Å². The zero-order valence-electron chi connectivity index (χ0n) is 11.4. The lowest BCUT2D eigenvalue weighted by Crippen LogP contribution is -2.42. The Kier molecular flexibility index (Phi) is 4.51. The summed E-state index contributed by atoms with van der Waals surface area (Å²) in [6.07, 6.45) is 1.17. The van der Waals surface area contributed by atoms with E-state index in [1.54, 1.807) is 0 Å². The van der Waals surface area contributed by atoms with E-state index >= 15 is 0 Å². The first-order chi connectivity index (χ1) is 9.81. The molecule has 1 aliphatic rings. The predicted octanol–water partition coefficient (Wildman–Crippen LogP) is 3.94. The average molecular weight is 331 g/mol. The largest absolute Gasteiger partial charge is 0.297 e. The maximum absolute atomic E-state index is 3.63. The van der Waals surface area contributed by atoms with Crippen LogP contribution in [0.2, 0.25) is 0 Å². The minimum atomic E-state index is 0.498. The zero-order chi connectivity index (χ0) is 13.8. The van der Waals surface area contributed by atoms with Crippen molar-refractivity contribution in [1.82, 2.24) is 10.2 Å². The van der Waals surface area contributed by atoms with E-state index in [0.717, 1.165) is 24.2 Å². The molecule has 0 aromatic heterocycles. The van der Waals surface area contributed by atoms with Crippen molar-refractivity contribution in [1.29, 1.82) is 0 Å². The van der Waals surface area contributed by atoms with Gasteiger partial charge in [0.25, 0.3) is 0 Å². The van der Waals surface area contributed by atoms with Crippen molar-refractivity contribution in [3.05, 3.63) is 70.2 Å². The standard InChI is InChI=1S/C17H19BrN2/c18-16-8-6-14(7-9-16)12-20-11-10-17(19-13-20)15-4-2-1-3-5-15/h1-9,17,19H,10-13H2. The van der Waals surface area contributed by atoms with E-state index in [9.17, 15) is 0 Å². The molecule has 0 radical (unpaired) electrons. The molecule has 0 spiro atoms. The molecule has 20 heavy (non-hydrogen) atoms. The molecule has 2 aromatic rings. The molecule has 2 nitrogen and oxygen atoms in total. The van der Waals surface area contributed by atoms with E-state index in [1.165, 1.54) is 17.5 Å². The van der Waals surface area contributed by atoms with Gasteiger partial charge in [0.1, 0.15) is 0 Å². The molecule has 1 unspecified atom stereocenters. The smallest absolute Gasteiger partial charge is 0.0488 e. The second-order valence-corrected chi connectivity index (χ2v) is 6.21. The first-order valence-electron chi connectivity index (χ1n) is 7.06. The highest BCUT2D eigenvalue weighted by atomic mass is 79.9. The van der Waals surface area contributed by atoms with Crippen molar-refractivity contribution in [3.63, 3.8) is 0 Å². The molecule has 1 aliphatic heterocycles. The molecule has 1 atom stereocenters. The van der Waals surface area contributed by atoms with E-state index < -0.39 is 0 Å². The number of hydrogen-bond acceptors (Lipinski definition) is 2. The minimum absolute atomic E-state index is 0.498. The fraction of sp³-hybridized carbons (Fsp3) is 0.294. The third-order valence-electron chi connectivity index (χ3n) is 3.82. The Morgan fingerprint density at radius 3 is 2.45 bits per heavy atom. The fourth-order valence-electron chi connectivity index (χ4n) is 2.68. The molecule has 0 bridgehead atoms. The van der Waals surface area contributed by atoms with E-state index in [0.29, 0.717) is 6.04 Å². The van der Waals surface area contributed by atoms with Gasteiger partial charge in [-0.25, -0.2) is 0 Å². The van der Waals surface area contributed by atoms with Crippen molar-refractivity contribution in [2.24, 2.45) is 0 Å². The molecule has 3 rings (SSSR count). The van der Waals surface area contributed by atoms with Crippen LogP contribution in [0, 0.1) is 0 Å². The maximum atomic E-state index is 3.63. The molecule has 1 heterocycles. The maximum Gasteiger partial charge on any atom is 0.0488 e. The van der Waals surface area contributed by atoms with Gasteiger partial charge in [-0.2, -0.15) is 0 Å². The third-order valence-corrected chi connectivity index (χ3v) is 4.35. The molecular formula is C17H19BrN2. The number of hydrogen-bond donors (Lipinski definition) is 1. The number of nitrogens with one attached hydrogen (secondary N) is 1. The van der Waals surface area contributed by atoms with Crippen molar-refractivity contribution in [2.75, 3.05) is 13.2 Å². The van der Waals surface area contributed by atoms with Crippen LogP contribution in [0.25, 0.3) is 0 Å². The van der Waals surface area contributed by atoms with Gasteiger partial charge in [0.15, 0.2) is 0 Å². The molecular weight excluding hydrogens is 312 g/mol. The van der Waals surface area contributed by atoms with Gasteiger partial charge in [-0.1, -0.05) is 58.4 Å². The summed E-state index contributed by atoms with van der Waals surface area (Å²) in [6, 6.07) is 19.8. The topological polar surface area (TPSA) is 15.3 Å². The van der Waals surface area contributed by atoms with Gasteiger partial charge >= 0.3 is 0 Å². The predicted molar refractivity (Wildman–Crippen MR) is 86.4 cm³/mol. The van der Waals surface area contributed by atoms with Gasteiger partial charge in [-0.3, -0.25) is 10.2 Å². The van der Waals surface area contributed by atoms with Gasteiger partial charge in [-0.15, -0.1) is 0 Å². The second-order valence-electron chi connectivity index (χ2n) is 5.29. The van der Waals surface area contributed by atoms with Crippen molar-refractivity contribution in [2.45, 2.75) is 19.0 Å². The third kappa shape index (κ3) is 3.48.